The van der Waals surface area contributed by atoms with Crippen molar-refractivity contribution in [2.24, 2.45) is 0 Å². The predicted molar refractivity (Wildman–Crippen MR) is 109 cm³/mol. The van der Waals surface area contributed by atoms with Crippen molar-refractivity contribution in [3.05, 3.63) is 52.5 Å². The van der Waals surface area contributed by atoms with Gasteiger partial charge in [-0.2, -0.15) is 5.26 Å². The van der Waals surface area contributed by atoms with Crippen molar-refractivity contribution in [2.45, 2.75) is 26.2 Å². The molecule has 5 nitrogen and oxygen atoms in total. The molecule has 0 spiro atoms. The van der Waals surface area contributed by atoms with Crippen LogP contribution in [0.3, 0.4) is 0 Å². The summed E-state index contributed by atoms with van der Waals surface area (Å²) in [4.78, 5) is 14.5. The van der Waals surface area contributed by atoms with Crippen LogP contribution in [0.15, 0.2) is 46.9 Å². The molecule has 0 aromatic heterocycles. The van der Waals surface area contributed by atoms with E-state index in [1.54, 1.807) is 12.0 Å². The topological polar surface area (TPSA) is 62.6 Å². The Morgan fingerprint density at radius 1 is 1.22 bits per heavy atom. The Bertz CT molecular complexity index is 800. The SMILES string of the molecule is CCOc1ccc(N(CCC#N)C(=O)CCc2ccc(OC)c(Br)c2)cc1. The van der Waals surface area contributed by atoms with Crippen LogP contribution in [0.25, 0.3) is 0 Å². The van der Waals surface area contributed by atoms with Gasteiger partial charge in [0.05, 0.1) is 30.7 Å². The van der Waals surface area contributed by atoms with E-state index in [9.17, 15) is 4.79 Å². The standard InChI is InChI=1S/C21H23BrN2O3/c1-3-27-18-9-7-17(8-10-18)24(14-4-13-23)21(25)12-6-16-5-11-20(26-2)19(22)15-16/h5,7-11,15H,3-4,6,12,14H2,1-2H3. The first-order valence-corrected chi connectivity index (χ1v) is 9.61. The molecular formula is C21H23BrN2O3. The second kappa shape index (κ2) is 10.6. The highest BCUT2D eigenvalue weighted by Crippen LogP contribution is 2.26. The number of benzene rings is 2. The number of rotatable bonds is 9. The molecule has 0 radical (unpaired) electrons. The minimum atomic E-state index is -0.0126. The maximum Gasteiger partial charge on any atom is 0.227 e. The number of nitriles is 1. The highest BCUT2D eigenvalue weighted by molar-refractivity contribution is 9.10. The molecule has 142 valence electrons. The monoisotopic (exact) mass is 430 g/mol. The number of halogens is 1. The van der Waals surface area contributed by atoms with E-state index in [0.29, 0.717) is 26.0 Å². The van der Waals surface area contributed by atoms with Gasteiger partial charge in [0, 0.05) is 18.7 Å². The van der Waals surface area contributed by atoms with Gasteiger partial charge in [0.25, 0.3) is 0 Å². The third-order valence-electron chi connectivity index (χ3n) is 4.05. The summed E-state index contributed by atoms with van der Waals surface area (Å²) in [6.45, 7) is 2.89. The molecule has 0 fully saturated rings. The molecule has 0 heterocycles. The van der Waals surface area contributed by atoms with Crippen molar-refractivity contribution in [3.63, 3.8) is 0 Å². The Kier molecular flexibility index (Phi) is 8.15. The smallest absolute Gasteiger partial charge is 0.227 e. The third kappa shape index (κ3) is 6.00. The first-order valence-electron chi connectivity index (χ1n) is 8.81. The predicted octanol–water partition coefficient (Wildman–Crippen LogP) is 4.74. The number of nitrogens with zero attached hydrogens (tertiary/aromatic N) is 2. The second-order valence-corrected chi connectivity index (χ2v) is 6.70. The van der Waals surface area contributed by atoms with E-state index in [-0.39, 0.29) is 12.3 Å². The lowest BCUT2D eigenvalue weighted by molar-refractivity contribution is -0.118. The summed E-state index contributed by atoms with van der Waals surface area (Å²) in [7, 11) is 1.62. The number of ether oxygens (including phenoxy) is 2. The molecule has 0 bridgehead atoms. The minimum Gasteiger partial charge on any atom is -0.496 e. The van der Waals surface area contributed by atoms with Crippen LogP contribution in [-0.2, 0) is 11.2 Å². The average molecular weight is 431 g/mol. The second-order valence-electron chi connectivity index (χ2n) is 5.85. The quantitative estimate of drug-likeness (QED) is 0.576. The lowest BCUT2D eigenvalue weighted by Crippen LogP contribution is -2.32. The fourth-order valence-electron chi connectivity index (χ4n) is 2.70. The molecule has 2 aromatic rings. The summed E-state index contributed by atoms with van der Waals surface area (Å²) in [5.74, 6) is 1.51. The van der Waals surface area contributed by atoms with Crippen LogP contribution >= 0.6 is 15.9 Å². The summed E-state index contributed by atoms with van der Waals surface area (Å²) in [5.41, 5.74) is 1.82. The highest BCUT2D eigenvalue weighted by atomic mass is 79.9. The van der Waals surface area contributed by atoms with Gasteiger partial charge in [-0.05, 0) is 71.2 Å². The molecular weight excluding hydrogens is 408 g/mol. The van der Waals surface area contributed by atoms with Gasteiger partial charge < -0.3 is 14.4 Å². The van der Waals surface area contributed by atoms with Crippen LogP contribution in [0.5, 0.6) is 11.5 Å². The van der Waals surface area contributed by atoms with Gasteiger partial charge in [-0.15, -0.1) is 0 Å². The summed E-state index contributed by atoms with van der Waals surface area (Å²) >= 11 is 3.47. The first-order chi connectivity index (χ1) is 13.1. The van der Waals surface area contributed by atoms with Gasteiger partial charge in [0.1, 0.15) is 11.5 Å². The number of aryl methyl sites for hydroxylation is 1. The van der Waals surface area contributed by atoms with Gasteiger partial charge >= 0.3 is 0 Å². The number of hydrogen-bond acceptors (Lipinski definition) is 4. The van der Waals surface area contributed by atoms with E-state index < -0.39 is 0 Å². The van der Waals surface area contributed by atoms with Crippen LogP contribution in [0.4, 0.5) is 5.69 Å². The summed E-state index contributed by atoms with van der Waals surface area (Å²) in [5, 5.41) is 8.92. The van der Waals surface area contributed by atoms with Crippen LogP contribution in [-0.4, -0.2) is 26.2 Å². The molecule has 0 saturated heterocycles. The lowest BCUT2D eigenvalue weighted by Gasteiger charge is -2.22. The Labute approximate surface area is 168 Å². The van der Waals surface area contributed by atoms with Gasteiger partial charge in [0.15, 0.2) is 0 Å². The van der Waals surface area contributed by atoms with Crippen molar-refractivity contribution < 1.29 is 14.3 Å². The number of anilines is 1. The minimum absolute atomic E-state index is 0.0126. The van der Waals surface area contributed by atoms with Gasteiger partial charge in [-0.1, -0.05) is 6.07 Å². The van der Waals surface area contributed by atoms with E-state index in [0.717, 1.165) is 27.2 Å². The third-order valence-corrected chi connectivity index (χ3v) is 4.67. The van der Waals surface area contributed by atoms with Crippen molar-refractivity contribution in [2.75, 3.05) is 25.2 Å². The lowest BCUT2D eigenvalue weighted by atomic mass is 10.1. The Morgan fingerprint density at radius 3 is 2.56 bits per heavy atom. The maximum atomic E-state index is 12.8. The van der Waals surface area contributed by atoms with Gasteiger partial charge in [-0.25, -0.2) is 0 Å². The normalized spacial score (nSPS) is 10.1. The molecule has 0 saturated carbocycles. The van der Waals surface area contributed by atoms with E-state index in [2.05, 4.69) is 22.0 Å². The molecule has 27 heavy (non-hydrogen) atoms. The van der Waals surface area contributed by atoms with Crippen molar-refractivity contribution in [3.8, 4) is 17.6 Å². The first kappa shape index (κ1) is 20.8. The molecule has 0 atom stereocenters. The summed E-state index contributed by atoms with van der Waals surface area (Å²) in [6.07, 6.45) is 1.26. The van der Waals surface area contributed by atoms with E-state index in [1.807, 2.05) is 49.4 Å². The molecule has 1 amide bonds. The van der Waals surface area contributed by atoms with Crippen LogP contribution in [0.2, 0.25) is 0 Å². The maximum absolute atomic E-state index is 12.8. The Hall–Kier alpha value is -2.52. The Morgan fingerprint density at radius 2 is 1.96 bits per heavy atom. The van der Waals surface area contributed by atoms with Crippen LogP contribution in [0, 0.1) is 11.3 Å². The molecule has 2 rings (SSSR count). The average Bonchev–Trinajstić information content (AvgIpc) is 2.68. The Balaban J connectivity index is 2.07. The fraction of sp³-hybridized carbons (Fsp3) is 0.333. The molecule has 0 N–H and O–H groups in total. The number of hydrogen-bond donors (Lipinski definition) is 0. The van der Waals surface area contributed by atoms with E-state index >= 15 is 0 Å². The van der Waals surface area contributed by atoms with Crippen molar-refractivity contribution >= 4 is 27.5 Å². The number of amides is 1. The summed E-state index contributed by atoms with van der Waals surface area (Å²) < 4.78 is 11.5. The van der Waals surface area contributed by atoms with Crippen LogP contribution in [0.1, 0.15) is 25.3 Å². The molecule has 6 heteroatoms. The number of methoxy groups -OCH3 is 1. The highest BCUT2D eigenvalue weighted by Gasteiger charge is 2.16. The number of carbonyl (C=O) groups excluding carboxylic acids is 1. The van der Waals surface area contributed by atoms with Crippen molar-refractivity contribution in [1.29, 1.82) is 5.26 Å². The van der Waals surface area contributed by atoms with Gasteiger partial charge in [0.2, 0.25) is 5.91 Å². The van der Waals surface area contributed by atoms with E-state index in [4.69, 9.17) is 14.7 Å². The molecule has 0 unspecified atom stereocenters. The molecule has 0 aliphatic carbocycles. The largest absolute Gasteiger partial charge is 0.496 e. The zero-order valence-electron chi connectivity index (χ0n) is 15.6. The zero-order chi connectivity index (χ0) is 19.6. The van der Waals surface area contributed by atoms with E-state index in [1.165, 1.54) is 0 Å². The van der Waals surface area contributed by atoms with Crippen molar-refractivity contribution in [1.82, 2.24) is 0 Å². The number of carbonyl (C=O) groups is 1. The molecule has 0 aliphatic rings. The van der Waals surface area contributed by atoms with Crippen LogP contribution < -0.4 is 14.4 Å². The summed E-state index contributed by atoms with van der Waals surface area (Å²) in [6, 6.07) is 15.3. The van der Waals surface area contributed by atoms with Gasteiger partial charge in [-0.3, -0.25) is 4.79 Å². The molecule has 2 aromatic carbocycles. The fourth-order valence-corrected chi connectivity index (χ4v) is 3.29. The zero-order valence-corrected chi connectivity index (χ0v) is 17.2. The molecule has 0 aliphatic heterocycles.